The lowest BCUT2D eigenvalue weighted by Gasteiger charge is -2.13. The van der Waals surface area contributed by atoms with E-state index in [9.17, 15) is 18.0 Å². The second kappa shape index (κ2) is 6.48. The molecule has 1 aliphatic rings. The number of carbonyl (C=O) groups excluding carboxylic acids is 2. The summed E-state index contributed by atoms with van der Waals surface area (Å²) >= 11 is 0. The van der Waals surface area contributed by atoms with Gasteiger partial charge in [-0.3, -0.25) is 14.5 Å². The first kappa shape index (κ1) is 16.8. The van der Waals surface area contributed by atoms with Crippen molar-refractivity contribution in [2.24, 2.45) is 5.10 Å². The van der Waals surface area contributed by atoms with Crippen LogP contribution >= 0.6 is 0 Å². The SMILES string of the molecule is CC(CN1C(=O)c2ccccc2C1=O)=NNS(=O)(=O)c1ccccc1. The normalized spacial score (nSPS) is 14.6. The summed E-state index contributed by atoms with van der Waals surface area (Å²) in [6.07, 6.45) is 0. The minimum atomic E-state index is -3.80. The lowest BCUT2D eigenvalue weighted by atomic mass is 10.1. The first-order chi connectivity index (χ1) is 11.9. The highest BCUT2D eigenvalue weighted by Crippen LogP contribution is 2.22. The molecule has 1 N–H and O–H groups in total. The van der Waals surface area contributed by atoms with Crippen LogP contribution in [0.4, 0.5) is 0 Å². The Morgan fingerprint density at radius 2 is 1.48 bits per heavy atom. The molecule has 0 bridgehead atoms. The lowest BCUT2D eigenvalue weighted by molar-refractivity contribution is 0.0677. The summed E-state index contributed by atoms with van der Waals surface area (Å²) in [4.78, 5) is 27.8. The molecular formula is C17H15N3O4S. The van der Waals surface area contributed by atoms with Crippen LogP contribution in [-0.2, 0) is 10.0 Å². The summed E-state index contributed by atoms with van der Waals surface area (Å²) < 4.78 is 24.2. The molecule has 1 aliphatic heterocycles. The number of nitrogens with one attached hydrogen (secondary N) is 1. The molecule has 2 aromatic rings. The number of nitrogens with zero attached hydrogens (tertiary/aromatic N) is 2. The van der Waals surface area contributed by atoms with Gasteiger partial charge in [-0.25, -0.2) is 4.83 Å². The third-order valence-electron chi connectivity index (χ3n) is 3.68. The van der Waals surface area contributed by atoms with Gasteiger partial charge < -0.3 is 0 Å². The maximum Gasteiger partial charge on any atom is 0.276 e. The van der Waals surface area contributed by atoms with Gasteiger partial charge in [-0.15, -0.1) is 0 Å². The molecule has 25 heavy (non-hydrogen) atoms. The quantitative estimate of drug-likeness (QED) is 0.500. The van der Waals surface area contributed by atoms with Crippen molar-refractivity contribution in [2.45, 2.75) is 11.8 Å². The van der Waals surface area contributed by atoms with Gasteiger partial charge in [0.05, 0.1) is 28.3 Å². The van der Waals surface area contributed by atoms with Crippen molar-refractivity contribution < 1.29 is 18.0 Å². The molecule has 0 saturated carbocycles. The zero-order valence-corrected chi connectivity index (χ0v) is 14.2. The molecule has 3 rings (SSSR count). The van der Waals surface area contributed by atoms with Crippen LogP contribution in [0.1, 0.15) is 27.6 Å². The zero-order chi connectivity index (χ0) is 18.0. The Kier molecular flexibility index (Phi) is 4.37. The molecule has 0 aliphatic carbocycles. The third-order valence-corrected chi connectivity index (χ3v) is 4.90. The van der Waals surface area contributed by atoms with E-state index in [0.717, 1.165) is 4.90 Å². The number of imide groups is 1. The van der Waals surface area contributed by atoms with E-state index in [4.69, 9.17) is 0 Å². The van der Waals surface area contributed by atoms with Crippen LogP contribution < -0.4 is 4.83 Å². The molecule has 8 heteroatoms. The highest BCUT2D eigenvalue weighted by molar-refractivity contribution is 7.89. The van der Waals surface area contributed by atoms with Gasteiger partial charge in [0.1, 0.15) is 0 Å². The number of hydrazone groups is 1. The third kappa shape index (κ3) is 3.29. The zero-order valence-electron chi connectivity index (χ0n) is 13.3. The smallest absolute Gasteiger partial charge is 0.269 e. The number of hydrogen-bond donors (Lipinski definition) is 1. The first-order valence-corrected chi connectivity index (χ1v) is 8.94. The largest absolute Gasteiger partial charge is 0.276 e. The second-order valence-corrected chi connectivity index (χ2v) is 7.16. The second-order valence-electron chi connectivity index (χ2n) is 5.50. The van der Waals surface area contributed by atoms with Crippen molar-refractivity contribution >= 4 is 27.5 Å². The van der Waals surface area contributed by atoms with E-state index in [2.05, 4.69) is 9.93 Å². The van der Waals surface area contributed by atoms with Crippen LogP contribution in [0, 0.1) is 0 Å². The molecule has 0 radical (unpaired) electrons. The predicted octanol–water partition coefficient (Wildman–Crippen LogP) is 1.64. The summed E-state index contributed by atoms with van der Waals surface area (Å²) in [7, 11) is -3.80. The first-order valence-electron chi connectivity index (χ1n) is 7.45. The fourth-order valence-corrected chi connectivity index (χ4v) is 3.33. The predicted molar refractivity (Wildman–Crippen MR) is 91.7 cm³/mol. The van der Waals surface area contributed by atoms with Gasteiger partial charge in [-0.1, -0.05) is 30.3 Å². The minimum absolute atomic E-state index is 0.0762. The molecule has 7 nitrogen and oxygen atoms in total. The van der Waals surface area contributed by atoms with E-state index < -0.39 is 21.8 Å². The van der Waals surface area contributed by atoms with Gasteiger partial charge >= 0.3 is 0 Å². The van der Waals surface area contributed by atoms with Gasteiger partial charge in [-0.05, 0) is 31.2 Å². The molecule has 0 unspecified atom stereocenters. The fourth-order valence-electron chi connectivity index (χ4n) is 2.44. The van der Waals surface area contributed by atoms with Crippen LogP contribution in [0.3, 0.4) is 0 Å². The van der Waals surface area contributed by atoms with Crippen LogP contribution in [0.2, 0.25) is 0 Å². The lowest BCUT2D eigenvalue weighted by Crippen LogP contribution is -2.35. The van der Waals surface area contributed by atoms with Crippen molar-refractivity contribution in [1.29, 1.82) is 0 Å². The Morgan fingerprint density at radius 3 is 2.04 bits per heavy atom. The molecule has 0 aromatic heterocycles. The number of hydrogen-bond acceptors (Lipinski definition) is 5. The number of amides is 2. The molecule has 0 atom stereocenters. The maximum atomic E-state index is 12.3. The van der Waals surface area contributed by atoms with Crippen LogP contribution in [-0.4, -0.2) is 37.4 Å². The molecule has 2 amide bonds. The highest BCUT2D eigenvalue weighted by atomic mass is 32.2. The summed E-state index contributed by atoms with van der Waals surface area (Å²) in [6.45, 7) is 1.45. The van der Waals surface area contributed by atoms with Crippen LogP contribution in [0.15, 0.2) is 64.6 Å². The van der Waals surface area contributed by atoms with Gasteiger partial charge in [0, 0.05) is 0 Å². The summed E-state index contributed by atoms with van der Waals surface area (Å²) in [5.41, 5.74) is 0.962. The van der Waals surface area contributed by atoms with E-state index in [0.29, 0.717) is 11.1 Å². The molecule has 128 valence electrons. The van der Waals surface area contributed by atoms with Crippen molar-refractivity contribution in [1.82, 2.24) is 9.73 Å². The highest BCUT2D eigenvalue weighted by Gasteiger charge is 2.35. The summed E-state index contributed by atoms with van der Waals surface area (Å²) in [6, 6.07) is 14.3. The molecule has 0 saturated heterocycles. The van der Waals surface area contributed by atoms with Crippen molar-refractivity contribution in [3.63, 3.8) is 0 Å². The number of benzene rings is 2. The number of carbonyl (C=O) groups is 2. The van der Waals surface area contributed by atoms with E-state index in [1.165, 1.54) is 19.1 Å². The van der Waals surface area contributed by atoms with Gasteiger partial charge in [0.25, 0.3) is 21.8 Å². The summed E-state index contributed by atoms with van der Waals surface area (Å²) in [5, 5.41) is 3.80. The Morgan fingerprint density at radius 1 is 0.960 bits per heavy atom. The Bertz CT molecular complexity index is 933. The topological polar surface area (TPSA) is 95.9 Å². The average Bonchev–Trinajstić information content (AvgIpc) is 2.86. The van der Waals surface area contributed by atoms with E-state index in [1.54, 1.807) is 42.5 Å². The Labute approximate surface area is 145 Å². The number of sulfonamides is 1. The molecule has 0 fully saturated rings. The van der Waals surface area contributed by atoms with Crippen molar-refractivity contribution in [3.8, 4) is 0 Å². The molecule has 2 aromatic carbocycles. The maximum absolute atomic E-state index is 12.3. The van der Waals surface area contributed by atoms with Crippen molar-refractivity contribution in [2.75, 3.05) is 6.54 Å². The fraction of sp³-hybridized carbons (Fsp3) is 0.118. The number of fused-ring (bicyclic) bond motifs is 1. The summed E-state index contributed by atoms with van der Waals surface area (Å²) in [5.74, 6) is -0.831. The minimum Gasteiger partial charge on any atom is -0.269 e. The van der Waals surface area contributed by atoms with Crippen LogP contribution in [0.25, 0.3) is 0 Å². The van der Waals surface area contributed by atoms with Gasteiger partial charge in [0.2, 0.25) is 0 Å². The standard InChI is InChI=1S/C17H15N3O4S/c1-12(18-19-25(23,24)13-7-3-2-4-8-13)11-20-16(21)14-9-5-6-10-15(14)17(20)22/h2-10,19H,11H2,1H3. The van der Waals surface area contributed by atoms with E-state index in [-0.39, 0.29) is 17.2 Å². The monoisotopic (exact) mass is 357 g/mol. The Hall–Kier alpha value is -3.00. The molecule has 0 spiro atoms. The van der Waals surface area contributed by atoms with Gasteiger partial charge in [0.15, 0.2) is 0 Å². The Balaban J connectivity index is 1.73. The molecule has 1 heterocycles. The van der Waals surface area contributed by atoms with E-state index in [1.807, 2.05) is 0 Å². The van der Waals surface area contributed by atoms with Crippen LogP contribution in [0.5, 0.6) is 0 Å². The molecular weight excluding hydrogens is 342 g/mol. The average molecular weight is 357 g/mol. The van der Waals surface area contributed by atoms with Gasteiger partial charge in [-0.2, -0.15) is 13.5 Å². The number of rotatable bonds is 5. The van der Waals surface area contributed by atoms with Crippen molar-refractivity contribution in [3.05, 3.63) is 65.7 Å². The van der Waals surface area contributed by atoms with E-state index >= 15 is 0 Å².